The van der Waals surface area contributed by atoms with Crippen molar-refractivity contribution in [3.8, 4) is 5.75 Å². The van der Waals surface area contributed by atoms with E-state index in [4.69, 9.17) is 19.3 Å². The van der Waals surface area contributed by atoms with Gasteiger partial charge in [-0.25, -0.2) is 0 Å². The van der Waals surface area contributed by atoms with Gasteiger partial charge in [-0.3, -0.25) is 4.79 Å². The molecule has 0 fully saturated rings. The summed E-state index contributed by atoms with van der Waals surface area (Å²) in [5.41, 5.74) is 1.45. The molecule has 0 aromatic heterocycles. The molecule has 1 aliphatic rings. The van der Waals surface area contributed by atoms with Crippen LogP contribution in [-0.4, -0.2) is 31.9 Å². The van der Waals surface area contributed by atoms with Gasteiger partial charge in [0.05, 0.1) is 18.1 Å². The lowest BCUT2D eigenvalue weighted by Crippen LogP contribution is -2.36. The fourth-order valence-corrected chi connectivity index (χ4v) is 2.32. The third-order valence-corrected chi connectivity index (χ3v) is 3.63. The molecule has 0 saturated carbocycles. The quantitative estimate of drug-likeness (QED) is 0.845. The first-order chi connectivity index (χ1) is 9.04. The largest absolute Gasteiger partial charge is 0.493 e. The normalized spacial score (nSPS) is 18.3. The van der Waals surface area contributed by atoms with Gasteiger partial charge in [-0.1, -0.05) is 6.07 Å². The number of ether oxygens (including phenoxy) is 3. The average Bonchev–Trinajstić information content (AvgIpc) is 2.45. The molecule has 0 spiro atoms. The number of benzene rings is 1. The van der Waals surface area contributed by atoms with E-state index < -0.39 is 17.7 Å². The lowest BCUT2D eigenvalue weighted by atomic mass is 9.92. The molecule has 1 aliphatic heterocycles. The smallest absolute Gasteiger partial charge is 0.310 e. The summed E-state index contributed by atoms with van der Waals surface area (Å²) in [6.07, 6.45) is 0.567. The summed E-state index contributed by atoms with van der Waals surface area (Å²) in [6, 6.07) is 5.33. The average molecular weight is 266 g/mol. The maximum Gasteiger partial charge on any atom is 0.310 e. The highest BCUT2D eigenvalue weighted by Crippen LogP contribution is 2.41. The lowest BCUT2D eigenvalue weighted by molar-refractivity contribution is -0.230. The zero-order valence-corrected chi connectivity index (χ0v) is 11.3. The van der Waals surface area contributed by atoms with Gasteiger partial charge in [-0.2, -0.15) is 0 Å². The van der Waals surface area contributed by atoms with Crippen LogP contribution in [-0.2, 0) is 20.1 Å². The van der Waals surface area contributed by atoms with Crippen LogP contribution in [0.1, 0.15) is 30.4 Å². The standard InChI is InChI=1S/C14H18O5/c1-9(13(15)16)10-4-5-12-11(8-10)14(17-2,18-3)6-7-19-12/h4-5,8-9H,6-7H2,1-3H3,(H,15,16). The Morgan fingerprint density at radius 2 is 2.11 bits per heavy atom. The first kappa shape index (κ1) is 13.8. The minimum Gasteiger partial charge on any atom is -0.493 e. The Balaban J connectivity index is 2.49. The minimum absolute atomic E-state index is 0.502. The number of aliphatic carboxylic acids is 1. The fourth-order valence-electron chi connectivity index (χ4n) is 2.32. The van der Waals surface area contributed by atoms with Gasteiger partial charge in [-0.05, 0) is 24.6 Å². The highest BCUT2D eigenvalue weighted by atomic mass is 16.7. The van der Waals surface area contributed by atoms with E-state index in [2.05, 4.69) is 0 Å². The Kier molecular flexibility index (Phi) is 3.78. The number of carbonyl (C=O) groups is 1. The number of carboxylic acid groups (broad SMARTS) is 1. The number of methoxy groups -OCH3 is 2. The molecule has 5 nitrogen and oxygen atoms in total. The molecule has 5 heteroatoms. The monoisotopic (exact) mass is 266 g/mol. The summed E-state index contributed by atoms with van der Waals surface area (Å²) in [7, 11) is 3.15. The second-order valence-corrected chi connectivity index (χ2v) is 4.58. The third kappa shape index (κ3) is 2.31. The highest BCUT2D eigenvalue weighted by molar-refractivity contribution is 5.75. The second kappa shape index (κ2) is 5.19. The van der Waals surface area contributed by atoms with Crippen LogP contribution in [0.15, 0.2) is 18.2 Å². The first-order valence-electron chi connectivity index (χ1n) is 6.14. The Morgan fingerprint density at radius 1 is 1.42 bits per heavy atom. The molecule has 0 aliphatic carbocycles. The molecule has 0 amide bonds. The van der Waals surface area contributed by atoms with Crippen molar-refractivity contribution < 1.29 is 24.1 Å². The summed E-state index contributed by atoms with van der Waals surface area (Å²) in [4.78, 5) is 11.1. The van der Waals surface area contributed by atoms with Crippen LogP contribution in [0.4, 0.5) is 0 Å². The molecule has 1 aromatic carbocycles. The predicted molar refractivity (Wildman–Crippen MR) is 68.3 cm³/mol. The van der Waals surface area contributed by atoms with Gasteiger partial charge in [0.2, 0.25) is 5.79 Å². The molecule has 1 aromatic rings. The van der Waals surface area contributed by atoms with Gasteiger partial charge in [0.1, 0.15) is 5.75 Å². The SMILES string of the molecule is COC1(OC)CCOc2ccc(C(C)C(=O)O)cc21. The van der Waals surface area contributed by atoms with E-state index in [0.717, 1.165) is 5.56 Å². The van der Waals surface area contributed by atoms with Crippen molar-refractivity contribution in [3.05, 3.63) is 29.3 Å². The summed E-state index contributed by atoms with van der Waals surface area (Å²) in [6.45, 7) is 2.15. The summed E-state index contributed by atoms with van der Waals surface area (Å²) >= 11 is 0. The number of carboxylic acids is 1. The molecule has 19 heavy (non-hydrogen) atoms. The van der Waals surface area contributed by atoms with Crippen molar-refractivity contribution in [2.45, 2.75) is 25.0 Å². The van der Waals surface area contributed by atoms with Crippen LogP contribution in [0.5, 0.6) is 5.75 Å². The summed E-state index contributed by atoms with van der Waals surface area (Å²) in [5, 5.41) is 9.09. The van der Waals surface area contributed by atoms with Crippen molar-refractivity contribution >= 4 is 5.97 Å². The molecule has 0 bridgehead atoms. The van der Waals surface area contributed by atoms with Crippen molar-refractivity contribution in [2.24, 2.45) is 0 Å². The maximum atomic E-state index is 11.1. The van der Waals surface area contributed by atoms with Crippen LogP contribution in [0, 0.1) is 0 Å². The Hall–Kier alpha value is -1.59. The maximum absolute atomic E-state index is 11.1. The van der Waals surface area contributed by atoms with E-state index in [1.165, 1.54) is 0 Å². The van der Waals surface area contributed by atoms with E-state index >= 15 is 0 Å². The van der Waals surface area contributed by atoms with Crippen LogP contribution in [0.3, 0.4) is 0 Å². The van der Waals surface area contributed by atoms with E-state index in [-0.39, 0.29) is 0 Å². The number of fused-ring (bicyclic) bond motifs is 1. The molecule has 104 valence electrons. The molecule has 0 radical (unpaired) electrons. The summed E-state index contributed by atoms with van der Waals surface area (Å²) < 4.78 is 16.6. The van der Waals surface area contributed by atoms with Gasteiger partial charge in [-0.15, -0.1) is 0 Å². The van der Waals surface area contributed by atoms with Crippen LogP contribution < -0.4 is 4.74 Å². The van der Waals surface area contributed by atoms with E-state index in [1.807, 2.05) is 0 Å². The molecular formula is C14H18O5. The van der Waals surface area contributed by atoms with Crippen molar-refractivity contribution in [1.29, 1.82) is 0 Å². The molecular weight excluding hydrogens is 248 g/mol. The minimum atomic E-state index is -0.864. The molecule has 1 heterocycles. The van der Waals surface area contributed by atoms with Gasteiger partial charge < -0.3 is 19.3 Å². The Morgan fingerprint density at radius 3 is 2.68 bits per heavy atom. The van der Waals surface area contributed by atoms with Gasteiger partial charge in [0.25, 0.3) is 0 Å². The zero-order valence-electron chi connectivity index (χ0n) is 11.3. The van der Waals surface area contributed by atoms with Gasteiger partial charge >= 0.3 is 5.97 Å². The molecule has 1 N–H and O–H groups in total. The fraction of sp³-hybridized carbons (Fsp3) is 0.500. The van der Waals surface area contributed by atoms with Crippen molar-refractivity contribution in [1.82, 2.24) is 0 Å². The summed E-state index contributed by atoms with van der Waals surface area (Å²) in [5.74, 6) is -1.63. The number of rotatable bonds is 4. The Labute approximate surface area is 112 Å². The number of hydrogen-bond acceptors (Lipinski definition) is 4. The topological polar surface area (TPSA) is 65.0 Å². The van der Waals surface area contributed by atoms with E-state index in [1.54, 1.807) is 39.3 Å². The molecule has 2 rings (SSSR count). The second-order valence-electron chi connectivity index (χ2n) is 4.58. The highest BCUT2D eigenvalue weighted by Gasteiger charge is 2.38. The first-order valence-corrected chi connectivity index (χ1v) is 6.14. The van der Waals surface area contributed by atoms with Crippen LogP contribution in [0.2, 0.25) is 0 Å². The molecule has 0 saturated heterocycles. The molecule has 1 atom stereocenters. The molecule has 1 unspecified atom stereocenters. The van der Waals surface area contributed by atoms with Gasteiger partial charge in [0, 0.05) is 20.6 Å². The van der Waals surface area contributed by atoms with E-state index in [9.17, 15) is 4.79 Å². The number of hydrogen-bond donors (Lipinski definition) is 1. The van der Waals surface area contributed by atoms with Crippen molar-refractivity contribution in [2.75, 3.05) is 20.8 Å². The lowest BCUT2D eigenvalue weighted by Gasteiger charge is -2.36. The predicted octanol–water partition coefficient (Wildman–Crippen LogP) is 2.10. The van der Waals surface area contributed by atoms with Crippen LogP contribution in [0.25, 0.3) is 0 Å². The third-order valence-electron chi connectivity index (χ3n) is 3.63. The van der Waals surface area contributed by atoms with E-state index in [0.29, 0.717) is 24.3 Å². The van der Waals surface area contributed by atoms with Crippen molar-refractivity contribution in [3.63, 3.8) is 0 Å². The zero-order chi connectivity index (χ0) is 14.0. The van der Waals surface area contributed by atoms with Gasteiger partial charge in [0.15, 0.2) is 0 Å². The van der Waals surface area contributed by atoms with Crippen LogP contribution >= 0.6 is 0 Å². The Bertz CT molecular complexity index is 479.